The first-order valence-electron chi connectivity index (χ1n) is 7.87. The number of hydrogen-bond donors (Lipinski definition) is 3. The molecular weight excluding hydrogens is 288 g/mol. The average molecular weight is 316 g/mol. The van der Waals surface area contributed by atoms with Crippen LogP contribution < -0.4 is 11.1 Å². The number of primary amides is 1. The molecule has 0 bridgehead atoms. The van der Waals surface area contributed by atoms with E-state index in [0.29, 0.717) is 25.9 Å². The maximum Gasteiger partial charge on any atom is 0.217 e. The summed E-state index contributed by atoms with van der Waals surface area (Å²) in [6.45, 7) is 5.66. The molecule has 1 fully saturated rings. The predicted molar refractivity (Wildman–Crippen MR) is 80.7 cm³/mol. The number of nitrogens with two attached hydrogens (primary N) is 1. The molecule has 1 aliphatic rings. The van der Waals surface area contributed by atoms with Gasteiger partial charge in [-0.3, -0.25) is 9.59 Å². The van der Waals surface area contributed by atoms with Crippen molar-refractivity contribution in [2.75, 3.05) is 6.61 Å². The monoisotopic (exact) mass is 316 g/mol. The summed E-state index contributed by atoms with van der Waals surface area (Å²) >= 11 is 0. The topological polar surface area (TPSA) is 111 Å². The fourth-order valence-electron chi connectivity index (χ4n) is 2.69. The number of rotatable bonds is 8. The van der Waals surface area contributed by atoms with Gasteiger partial charge in [-0.05, 0) is 19.3 Å². The summed E-state index contributed by atoms with van der Waals surface area (Å²) in [6, 6.07) is -0.591. The Bertz CT molecular complexity index is 377. The van der Waals surface area contributed by atoms with Gasteiger partial charge in [0, 0.05) is 25.9 Å². The molecule has 0 saturated carbocycles. The van der Waals surface area contributed by atoms with E-state index in [1.807, 2.05) is 13.8 Å². The third kappa shape index (κ3) is 5.55. The zero-order valence-corrected chi connectivity index (χ0v) is 13.6. The van der Waals surface area contributed by atoms with Crippen molar-refractivity contribution in [3.8, 4) is 0 Å². The van der Waals surface area contributed by atoms with E-state index in [2.05, 4.69) is 5.32 Å². The third-order valence-corrected chi connectivity index (χ3v) is 3.97. The van der Waals surface area contributed by atoms with Crippen molar-refractivity contribution in [3.63, 3.8) is 0 Å². The van der Waals surface area contributed by atoms with E-state index < -0.39 is 18.4 Å². The third-order valence-electron chi connectivity index (χ3n) is 3.97. The molecule has 1 rings (SSSR count). The van der Waals surface area contributed by atoms with Crippen LogP contribution in [0.15, 0.2) is 0 Å². The molecule has 1 heterocycles. The number of nitrogens with one attached hydrogen (secondary N) is 1. The van der Waals surface area contributed by atoms with Crippen molar-refractivity contribution in [1.29, 1.82) is 0 Å². The fourth-order valence-corrected chi connectivity index (χ4v) is 2.69. The van der Waals surface area contributed by atoms with Gasteiger partial charge in [-0.25, -0.2) is 0 Å². The largest absolute Gasteiger partial charge is 0.390 e. The maximum atomic E-state index is 11.3. The van der Waals surface area contributed by atoms with E-state index in [9.17, 15) is 14.7 Å². The summed E-state index contributed by atoms with van der Waals surface area (Å²) in [6.07, 6.45) is 0.858. The summed E-state index contributed by atoms with van der Waals surface area (Å²) in [5.41, 5.74) is 5.08. The van der Waals surface area contributed by atoms with Crippen LogP contribution in [0.5, 0.6) is 0 Å². The standard InChI is InChI=1S/C15H28N2O5/c1-4-11-9(2)14(20)13(17-10(3)18)15(22-11)21-8-6-5-7-12(16)19/h9,11,13-15,20H,4-8H2,1-3H3,(H2,16,19)(H,17,18)/t9-,11?,13?,14?,15+/m0/s1. The number of amides is 2. The van der Waals surface area contributed by atoms with Crippen LogP contribution in [0.3, 0.4) is 0 Å². The molecule has 0 radical (unpaired) electrons. The van der Waals surface area contributed by atoms with Crippen molar-refractivity contribution >= 4 is 11.8 Å². The molecule has 1 aliphatic heterocycles. The molecule has 4 N–H and O–H groups in total. The molecule has 0 aromatic carbocycles. The van der Waals surface area contributed by atoms with E-state index in [4.69, 9.17) is 15.2 Å². The number of carbonyl (C=O) groups is 2. The molecule has 22 heavy (non-hydrogen) atoms. The van der Waals surface area contributed by atoms with Gasteiger partial charge in [-0.15, -0.1) is 0 Å². The summed E-state index contributed by atoms with van der Waals surface area (Å²) < 4.78 is 11.6. The molecule has 0 aromatic rings. The van der Waals surface area contributed by atoms with E-state index >= 15 is 0 Å². The van der Waals surface area contributed by atoms with E-state index in [1.165, 1.54) is 6.92 Å². The lowest BCUT2D eigenvalue weighted by molar-refractivity contribution is -0.249. The van der Waals surface area contributed by atoms with Crippen molar-refractivity contribution in [1.82, 2.24) is 5.32 Å². The minimum absolute atomic E-state index is 0.0865. The lowest BCUT2D eigenvalue weighted by Gasteiger charge is -2.43. The Kier molecular flexibility index (Phi) is 7.78. The van der Waals surface area contributed by atoms with Crippen LogP contribution in [0.1, 0.15) is 46.5 Å². The highest BCUT2D eigenvalue weighted by molar-refractivity contribution is 5.73. The molecular formula is C15H28N2O5. The Morgan fingerprint density at radius 2 is 2.05 bits per heavy atom. The number of carbonyl (C=O) groups excluding carboxylic acids is 2. The van der Waals surface area contributed by atoms with Gasteiger partial charge in [0.15, 0.2) is 6.29 Å². The lowest BCUT2D eigenvalue weighted by Crippen LogP contribution is -2.61. The van der Waals surface area contributed by atoms with Crippen LogP contribution in [-0.4, -0.2) is 48.1 Å². The Morgan fingerprint density at radius 1 is 1.36 bits per heavy atom. The highest BCUT2D eigenvalue weighted by Crippen LogP contribution is 2.28. The van der Waals surface area contributed by atoms with Crippen LogP contribution in [-0.2, 0) is 19.1 Å². The molecule has 0 aromatic heterocycles. The van der Waals surface area contributed by atoms with Gasteiger partial charge >= 0.3 is 0 Å². The van der Waals surface area contributed by atoms with Crippen molar-refractivity contribution in [3.05, 3.63) is 0 Å². The Labute approximate surface area is 131 Å². The fraction of sp³-hybridized carbons (Fsp3) is 0.867. The number of aliphatic hydroxyl groups is 1. The molecule has 0 aliphatic carbocycles. The van der Waals surface area contributed by atoms with Gasteiger partial charge in [0.1, 0.15) is 6.04 Å². The molecule has 5 atom stereocenters. The van der Waals surface area contributed by atoms with E-state index in [-0.39, 0.29) is 23.8 Å². The van der Waals surface area contributed by atoms with Gasteiger partial charge in [-0.2, -0.15) is 0 Å². The Morgan fingerprint density at radius 3 is 2.59 bits per heavy atom. The van der Waals surface area contributed by atoms with Gasteiger partial charge < -0.3 is 25.6 Å². The minimum atomic E-state index is -0.724. The first-order chi connectivity index (χ1) is 10.4. The van der Waals surface area contributed by atoms with Gasteiger partial charge in [-0.1, -0.05) is 13.8 Å². The SMILES string of the molecule is CCC1O[C@@H](OCCCCC(N)=O)C(NC(C)=O)C(O)[C@H]1C. The first kappa shape index (κ1) is 18.9. The number of aliphatic hydroxyl groups excluding tert-OH is 1. The Hall–Kier alpha value is -1.18. The molecule has 128 valence electrons. The summed E-state index contributed by atoms with van der Waals surface area (Å²) in [7, 11) is 0. The van der Waals surface area contributed by atoms with Crippen LogP contribution >= 0.6 is 0 Å². The highest BCUT2D eigenvalue weighted by Gasteiger charge is 2.43. The van der Waals surface area contributed by atoms with Gasteiger partial charge in [0.2, 0.25) is 11.8 Å². The zero-order valence-electron chi connectivity index (χ0n) is 13.6. The molecule has 0 spiro atoms. The summed E-state index contributed by atoms with van der Waals surface area (Å²) in [5.74, 6) is -0.658. The summed E-state index contributed by atoms with van der Waals surface area (Å²) in [5, 5.41) is 13.1. The van der Waals surface area contributed by atoms with Crippen LogP contribution in [0.4, 0.5) is 0 Å². The van der Waals surface area contributed by atoms with Crippen LogP contribution in [0.25, 0.3) is 0 Å². The Balaban J connectivity index is 2.57. The van der Waals surface area contributed by atoms with E-state index in [0.717, 1.165) is 6.42 Å². The number of ether oxygens (including phenoxy) is 2. The van der Waals surface area contributed by atoms with Gasteiger partial charge in [0.25, 0.3) is 0 Å². The molecule has 2 amide bonds. The first-order valence-corrected chi connectivity index (χ1v) is 7.87. The van der Waals surface area contributed by atoms with E-state index in [1.54, 1.807) is 0 Å². The molecule has 3 unspecified atom stereocenters. The van der Waals surface area contributed by atoms with Crippen LogP contribution in [0, 0.1) is 5.92 Å². The highest BCUT2D eigenvalue weighted by atomic mass is 16.7. The molecule has 7 nitrogen and oxygen atoms in total. The van der Waals surface area contributed by atoms with Crippen molar-refractivity contribution in [2.24, 2.45) is 11.7 Å². The second-order valence-corrected chi connectivity index (χ2v) is 5.82. The quantitative estimate of drug-likeness (QED) is 0.558. The van der Waals surface area contributed by atoms with Crippen LogP contribution in [0.2, 0.25) is 0 Å². The normalized spacial score (nSPS) is 31.7. The number of unbranched alkanes of at least 4 members (excludes halogenated alkanes) is 1. The molecule has 7 heteroatoms. The smallest absolute Gasteiger partial charge is 0.217 e. The second-order valence-electron chi connectivity index (χ2n) is 5.82. The lowest BCUT2D eigenvalue weighted by atomic mass is 9.88. The average Bonchev–Trinajstić information content (AvgIpc) is 2.45. The predicted octanol–water partition coefficient (Wildman–Crippen LogP) is 0.295. The zero-order chi connectivity index (χ0) is 16.7. The van der Waals surface area contributed by atoms with Crippen molar-refractivity contribution < 1.29 is 24.2 Å². The van der Waals surface area contributed by atoms with Gasteiger partial charge in [0.05, 0.1) is 12.2 Å². The molecule has 1 saturated heterocycles. The number of hydrogen-bond acceptors (Lipinski definition) is 5. The maximum absolute atomic E-state index is 11.3. The summed E-state index contributed by atoms with van der Waals surface area (Å²) in [4.78, 5) is 22.0. The van der Waals surface area contributed by atoms with Crippen molar-refractivity contribution in [2.45, 2.75) is 71.0 Å². The minimum Gasteiger partial charge on any atom is -0.390 e. The second kappa shape index (κ2) is 9.07.